The first-order chi connectivity index (χ1) is 10.1. The van der Waals surface area contributed by atoms with Crippen LogP contribution in [0.15, 0.2) is 53.6 Å². The Morgan fingerprint density at radius 3 is 2.62 bits per heavy atom. The van der Waals surface area contributed by atoms with Gasteiger partial charge in [0, 0.05) is 12.7 Å². The van der Waals surface area contributed by atoms with Gasteiger partial charge in [-0.2, -0.15) is 4.31 Å². The van der Waals surface area contributed by atoms with Gasteiger partial charge >= 0.3 is 0 Å². The van der Waals surface area contributed by atoms with Gasteiger partial charge in [-0.1, -0.05) is 29.8 Å². The zero-order valence-electron chi connectivity index (χ0n) is 11.3. The van der Waals surface area contributed by atoms with Crippen molar-refractivity contribution in [3.63, 3.8) is 0 Å². The Hall–Kier alpha value is -1.43. The molecule has 1 aliphatic heterocycles. The van der Waals surface area contributed by atoms with Gasteiger partial charge in [-0.15, -0.1) is 0 Å². The summed E-state index contributed by atoms with van der Waals surface area (Å²) >= 11 is 6.06. The maximum atomic E-state index is 12.9. The Kier molecular flexibility index (Phi) is 3.97. The summed E-state index contributed by atoms with van der Waals surface area (Å²) in [6.45, 7) is 0.495. The summed E-state index contributed by atoms with van der Waals surface area (Å²) in [7, 11) is -3.61. The average Bonchev–Trinajstić information content (AvgIpc) is 2.99. The molecule has 0 spiro atoms. The lowest BCUT2D eigenvalue weighted by Crippen LogP contribution is -2.31. The second kappa shape index (κ2) is 5.75. The van der Waals surface area contributed by atoms with Crippen molar-refractivity contribution >= 4 is 21.6 Å². The molecule has 21 heavy (non-hydrogen) atoms. The summed E-state index contributed by atoms with van der Waals surface area (Å²) in [5.41, 5.74) is 0.783. The minimum atomic E-state index is -3.61. The maximum Gasteiger partial charge on any atom is 0.245 e. The fourth-order valence-electron chi connectivity index (χ4n) is 2.68. The van der Waals surface area contributed by atoms with Crippen molar-refractivity contribution in [3.8, 4) is 0 Å². The molecule has 0 N–H and O–H groups in total. The SMILES string of the molecule is O=S(=O)(c1ccccc1Cl)N1CCCC1c1ccccn1. The van der Waals surface area contributed by atoms with Crippen LogP contribution in [0.5, 0.6) is 0 Å². The first-order valence-electron chi connectivity index (χ1n) is 6.78. The highest BCUT2D eigenvalue weighted by molar-refractivity contribution is 7.89. The summed E-state index contributed by atoms with van der Waals surface area (Å²) < 4.78 is 27.2. The van der Waals surface area contributed by atoms with Crippen molar-refractivity contribution < 1.29 is 8.42 Å². The van der Waals surface area contributed by atoms with E-state index in [1.807, 2.05) is 18.2 Å². The molecule has 1 aliphatic rings. The van der Waals surface area contributed by atoms with Crippen LogP contribution in [0.2, 0.25) is 5.02 Å². The summed E-state index contributed by atoms with van der Waals surface area (Å²) in [6, 6.07) is 11.9. The van der Waals surface area contributed by atoms with Gasteiger partial charge in [0.1, 0.15) is 4.90 Å². The first-order valence-corrected chi connectivity index (χ1v) is 8.60. The maximum absolute atomic E-state index is 12.9. The smallest absolute Gasteiger partial charge is 0.245 e. The first kappa shape index (κ1) is 14.5. The summed E-state index contributed by atoms with van der Waals surface area (Å²) in [6.07, 6.45) is 3.29. The molecule has 1 fully saturated rings. The molecule has 0 aliphatic carbocycles. The molecule has 1 aromatic heterocycles. The number of hydrogen-bond acceptors (Lipinski definition) is 3. The van der Waals surface area contributed by atoms with Gasteiger partial charge in [-0.25, -0.2) is 8.42 Å². The summed E-state index contributed by atoms with van der Waals surface area (Å²) in [5, 5.41) is 0.254. The standard InChI is InChI=1S/C15H15ClN2O2S/c16-12-6-1-2-9-15(12)21(19,20)18-11-5-8-14(18)13-7-3-4-10-17-13/h1-4,6-7,9-10,14H,5,8,11H2. The molecule has 1 atom stereocenters. The van der Waals surface area contributed by atoms with E-state index in [1.54, 1.807) is 30.5 Å². The Balaban J connectivity index is 2.01. The highest BCUT2D eigenvalue weighted by atomic mass is 35.5. The molecule has 1 unspecified atom stereocenters. The van der Waals surface area contributed by atoms with Crippen molar-refractivity contribution in [2.75, 3.05) is 6.54 Å². The molecule has 2 aromatic rings. The number of sulfonamides is 1. The minimum absolute atomic E-state index is 0.162. The van der Waals surface area contributed by atoms with Crippen LogP contribution in [0.1, 0.15) is 24.6 Å². The Morgan fingerprint density at radius 2 is 1.90 bits per heavy atom. The van der Waals surface area contributed by atoms with Crippen LogP contribution in [-0.2, 0) is 10.0 Å². The largest absolute Gasteiger partial charge is 0.260 e. The molecule has 4 nitrogen and oxygen atoms in total. The average molecular weight is 323 g/mol. The third kappa shape index (κ3) is 2.69. The number of rotatable bonds is 3. The van der Waals surface area contributed by atoms with Crippen molar-refractivity contribution in [3.05, 3.63) is 59.4 Å². The molecule has 3 rings (SSSR count). The summed E-state index contributed by atoms with van der Waals surface area (Å²) in [5.74, 6) is 0. The van der Waals surface area contributed by atoms with Gasteiger partial charge in [0.25, 0.3) is 0 Å². The van der Waals surface area contributed by atoms with Crippen LogP contribution in [-0.4, -0.2) is 24.3 Å². The second-order valence-corrected chi connectivity index (χ2v) is 7.22. The van der Waals surface area contributed by atoms with E-state index in [-0.39, 0.29) is 16.0 Å². The molecule has 0 saturated carbocycles. The third-order valence-corrected chi connectivity index (χ3v) is 6.06. The lowest BCUT2D eigenvalue weighted by atomic mass is 10.1. The zero-order valence-corrected chi connectivity index (χ0v) is 12.9. The van der Waals surface area contributed by atoms with Crippen molar-refractivity contribution in [2.45, 2.75) is 23.8 Å². The van der Waals surface area contributed by atoms with Gasteiger partial charge in [-0.3, -0.25) is 4.98 Å². The molecule has 110 valence electrons. The van der Waals surface area contributed by atoms with Crippen LogP contribution in [0.4, 0.5) is 0 Å². The second-order valence-electron chi connectivity index (χ2n) is 4.96. The molecule has 1 saturated heterocycles. The number of halogens is 1. The quantitative estimate of drug-likeness (QED) is 0.871. The molecule has 1 aromatic carbocycles. The highest BCUT2D eigenvalue weighted by Gasteiger charge is 2.37. The van der Waals surface area contributed by atoms with E-state index in [0.29, 0.717) is 6.54 Å². The van der Waals surface area contributed by atoms with Crippen molar-refractivity contribution in [2.24, 2.45) is 0 Å². The molecule has 0 bridgehead atoms. The van der Waals surface area contributed by atoms with E-state index in [2.05, 4.69) is 4.98 Å². The number of aromatic nitrogens is 1. The predicted octanol–water partition coefficient (Wildman–Crippen LogP) is 3.26. The lowest BCUT2D eigenvalue weighted by Gasteiger charge is -2.24. The Bertz CT molecular complexity index is 734. The molecule has 6 heteroatoms. The normalized spacial score (nSPS) is 19.8. The number of nitrogens with zero attached hydrogens (tertiary/aromatic N) is 2. The predicted molar refractivity (Wildman–Crippen MR) is 81.6 cm³/mol. The van der Waals surface area contributed by atoms with Crippen LogP contribution in [0, 0.1) is 0 Å². The number of pyridine rings is 1. The van der Waals surface area contributed by atoms with Crippen molar-refractivity contribution in [1.29, 1.82) is 0 Å². The molecule has 0 amide bonds. The van der Waals surface area contributed by atoms with Crippen LogP contribution >= 0.6 is 11.6 Å². The van der Waals surface area contributed by atoms with E-state index in [1.165, 1.54) is 4.31 Å². The summed E-state index contributed by atoms with van der Waals surface area (Å²) in [4.78, 5) is 4.46. The van der Waals surface area contributed by atoms with Gasteiger partial charge in [-0.05, 0) is 37.1 Å². The molecule has 2 heterocycles. The van der Waals surface area contributed by atoms with Crippen LogP contribution in [0.3, 0.4) is 0 Å². The molecular formula is C15H15ClN2O2S. The van der Waals surface area contributed by atoms with E-state index < -0.39 is 10.0 Å². The fraction of sp³-hybridized carbons (Fsp3) is 0.267. The van der Waals surface area contributed by atoms with Crippen LogP contribution in [0.25, 0.3) is 0 Å². The lowest BCUT2D eigenvalue weighted by molar-refractivity contribution is 0.390. The van der Waals surface area contributed by atoms with E-state index in [9.17, 15) is 8.42 Å². The van der Waals surface area contributed by atoms with Gasteiger partial charge in [0.05, 0.1) is 16.8 Å². The topological polar surface area (TPSA) is 50.3 Å². The van der Waals surface area contributed by atoms with Gasteiger partial charge < -0.3 is 0 Å². The molecular weight excluding hydrogens is 308 g/mol. The molecule has 0 radical (unpaired) electrons. The van der Waals surface area contributed by atoms with Crippen LogP contribution < -0.4 is 0 Å². The van der Waals surface area contributed by atoms with E-state index in [0.717, 1.165) is 18.5 Å². The third-order valence-electron chi connectivity index (χ3n) is 3.66. The minimum Gasteiger partial charge on any atom is -0.260 e. The Labute approximate surface area is 129 Å². The monoisotopic (exact) mass is 322 g/mol. The van der Waals surface area contributed by atoms with Gasteiger partial charge in [0.15, 0.2) is 0 Å². The zero-order chi connectivity index (χ0) is 14.9. The number of hydrogen-bond donors (Lipinski definition) is 0. The Morgan fingerprint density at radius 1 is 1.14 bits per heavy atom. The highest BCUT2D eigenvalue weighted by Crippen LogP contribution is 2.37. The van der Waals surface area contributed by atoms with Crippen molar-refractivity contribution in [1.82, 2.24) is 9.29 Å². The fourth-order valence-corrected chi connectivity index (χ4v) is 4.84. The number of benzene rings is 1. The van der Waals surface area contributed by atoms with E-state index in [4.69, 9.17) is 11.6 Å². The van der Waals surface area contributed by atoms with E-state index >= 15 is 0 Å². The van der Waals surface area contributed by atoms with Gasteiger partial charge in [0.2, 0.25) is 10.0 Å².